The molecule has 1 saturated heterocycles. The van der Waals surface area contributed by atoms with Gasteiger partial charge in [-0.15, -0.1) is 0 Å². The summed E-state index contributed by atoms with van der Waals surface area (Å²) in [6.07, 6.45) is 2.03. The Morgan fingerprint density at radius 3 is 2.26 bits per heavy atom. The average Bonchev–Trinajstić information content (AvgIpc) is 2.95. The number of esters is 1. The molecule has 0 aromatic heterocycles. The van der Waals surface area contributed by atoms with Crippen molar-refractivity contribution in [1.29, 1.82) is 0 Å². The first-order valence-electron chi connectivity index (χ1n) is 13.3. The first kappa shape index (κ1) is 28.1. The highest BCUT2D eigenvalue weighted by Gasteiger charge is 2.46. The number of carbonyl (C=O) groups is 2. The molecule has 2 atom stereocenters. The largest absolute Gasteiger partial charge is 0.466 e. The Labute approximate surface area is 231 Å². The SMILES string of the molecule is COC(=O)/C=C1\CC[C@@](COC(C)c2cc(C)cc(C)c2)(c2ccccc2)N(C(=O)OCc2ccccc2)C1. The second-order valence-electron chi connectivity index (χ2n) is 10.2. The van der Waals surface area contributed by atoms with Crippen molar-refractivity contribution in [3.63, 3.8) is 0 Å². The fourth-order valence-corrected chi connectivity index (χ4v) is 5.20. The molecule has 204 valence electrons. The Morgan fingerprint density at radius 2 is 1.62 bits per heavy atom. The van der Waals surface area contributed by atoms with Gasteiger partial charge in [0.1, 0.15) is 6.61 Å². The fourth-order valence-electron chi connectivity index (χ4n) is 5.20. The van der Waals surface area contributed by atoms with Crippen molar-refractivity contribution in [2.24, 2.45) is 0 Å². The van der Waals surface area contributed by atoms with Crippen molar-refractivity contribution in [3.05, 3.63) is 118 Å². The Bertz CT molecular complexity index is 1280. The Hall–Kier alpha value is -3.90. The van der Waals surface area contributed by atoms with E-state index in [0.717, 1.165) is 22.3 Å². The molecule has 6 heteroatoms. The molecule has 0 N–H and O–H groups in total. The third-order valence-electron chi connectivity index (χ3n) is 7.28. The van der Waals surface area contributed by atoms with Crippen LogP contribution >= 0.6 is 0 Å². The van der Waals surface area contributed by atoms with Crippen LogP contribution in [0.4, 0.5) is 4.79 Å². The van der Waals surface area contributed by atoms with Gasteiger partial charge in [0.2, 0.25) is 0 Å². The minimum Gasteiger partial charge on any atom is -0.466 e. The Morgan fingerprint density at radius 1 is 0.974 bits per heavy atom. The summed E-state index contributed by atoms with van der Waals surface area (Å²) in [5.41, 5.74) is 5.35. The molecule has 1 heterocycles. The van der Waals surface area contributed by atoms with E-state index >= 15 is 0 Å². The van der Waals surface area contributed by atoms with Gasteiger partial charge in [-0.3, -0.25) is 4.90 Å². The van der Waals surface area contributed by atoms with Gasteiger partial charge in [0.25, 0.3) is 0 Å². The lowest BCUT2D eigenvalue weighted by molar-refractivity contribution is -0.135. The summed E-state index contributed by atoms with van der Waals surface area (Å²) in [4.78, 5) is 27.6. The molecule has 4 rings (SSSR count). The van der Waals surface area contributed by atoms with E-state index in [4.69, 9.17) is 14.2 Å². The first-order chi connectivity index (χ1) is 18.8. The maximum absolute atomic E-state index is 13.8. The maximum Gasteiger partial charge on any atom is 0.411 e. The summed E-state index contributed by atoms with van der Waals surface area (Å²) < 4.78 is 17.3. The molecule has 39 heavy (non-hydrogen) atoms. The zero-order valence-electron chi connectivity index (χ0n) is 23.2. The highest BCUT2D eigenvalue weighted by molar-refractivity contribution is 5.83. The lowest BCUT2D eigenvalue weighted by Crippen LogP contribution is -2.56. The highest BCUT2D eigenvalue weighted by atomic mass is 16.6. The molecule has 1 fully saturated rings. The van der Waals surface area contributed by atoms with Gasteiger partial charge < -0.3 is 14.2 Å². The van der Waals surface area contributed by atoms with Crippen LogP contribution in [0.15, 0.2) is 90.5 Å². The quantitative estimate of drug-likeness (QED) is 0.238. The Kier molecular flexibility index (Phi) is 9.20. The van der Waals surface area contributed by atoms with Crippen LogP contribution in [0.3, 0.4) is 0 Å². The van der Waals surface area contributed by atoms with Gasteiger partial charge in [0, 0.05) is 12.6 Å². The molecule has 3 aromatic carbocycles. The minimum atomic E-state index is -0.782. The van der Waals surface area contributed by atoms with E-state index in [1.54, 1.807) is 4.90 Å². The van der Waals surface area contributed by atoms with E-state index < -0.39 is 17.6 Å². The molecule has 1 aliphatic heterocycles. The number of ether oxygens (including phenoxy) is 3. The molecule has 1 amide bonds. The number of amides is 1. The van der Waals surface area contributed by atoms with Gasteiger partial charge in [0.05, 0.1) is 25.4 Å². The van der Waals surface area contributed by atoms with Crippen LogP contribution in [0, 0.1) is 13.8 Å². The summed E-state index contributed by atoms with van der Waals surface area (Å²) in [7, 11) is 1.35. The summed E-state index contributed by atoms with van der Waals surface area (Å²) >= 11 is 0. The molecule has 1 unspecified atom stereocenters. The van der Waals surface area contributed by atoms with Crippen LogP contribution in [0.25, 0.3) is 0 Å². The van der Waals surface area contributed by atoms with Crippen LogP contribution < -0.4 is 0 Å². The zero-order chi connectivity index (χ0) is 27.8. The monoisotopic (exact) mass is 527 g/mol. The van der Waals surface area contributed by atoms with Crippen molar-refractivity contribution >= 4 is 12.1 Å². The molecule has 0 saturated carbocycles. The van der Waals surface area contributed by atoms with Gasteiger partial charge in [-0.2, -0.15) is 0 Å². The molecule has 6 nitrogen and oxygen atoms in total. The van der Waals surface area contributed by atoms with Gasteiger partial charge in [-0.25, -0.2) is 9.59 Å². The maximum atomic E-state index is 13.8. The molecule has 0 spiro atoms. The molecular formula is C33H37NO5. The van der Waals surface area contributed by atoms with Crippen molar-refractivity contribution < 1.29 is 23.8 Å². The number of benzene rings is 3. The summed E-state index contributed by atoms with van der Waals surface area (Å²) in [5, 5.41) is 0. The number of nitrogens with zero attached hydrogens (tertiary/aromatic N) is 1. The van der Waals surface area contributed by atoms with Gasteiger partial charge >= 0.3 is 12.1 Å². The van der Waals surface area contributed by atoms with E-state index in [2.05, 4.69) is 32.0 Å². The molecule has 0 bridgehead atoms. The smallest absolute Gasteiger partial charge is 0.411 e. The molecule has 0 aliphatic carbocycles. The minimum absolute atomic E-state index is 0.150. The summed E-state index contributed by atoms with van der Waals surface area (Å²) in [6.45, 7) is 6.86. The van der Waals surface area contributed by atoms with Gasteiger partial charge in [-0.05, 0) is 55.9 Å². The van der Waals surface area contributed by atoms with E-state index in [1.807, 2.05) is 67.6 Å². The summed E-state index contributed by atoms with van der Waals surface area (Å²) in [5.74, 6) is -0.436. The van der Waals surface area contributed by atoms with E-state index in [9.17, 15) is 9.59 Å². The predicted molar refractivity (Wildman–Crippen MR) is 151 cm³/mol. The van der Waals surface area contributed by atoms with Crippen molar-refractivity contribution in [2.75, 3.05) is 20.3 Å². The Balaban J connectivity index is 1.67. The molecule has 0 radical (unpaired) electrons. The summed E-state index contributed by atoms with van der Waals surface area (Å²) in [6, 6.07) is 26.0. The van der Waals surface area contributed by atoms with Crippen molar-refractivity contribution in [1.82, 2.24) is 4.90 Å². The first-order valence-corrected chi connectivity index (χ1v) is 13.3. The van der Waals surface area contributed by atoms with Crippen LogP contribution in [-0.4, -0.2) is 37.2 Å². The van der Waals surface area contributed by atoms with E-state index in [1.165, 1.54) is 24.3 Å². The third-order valence-corrected chi connectivity index (χ3v) is 7.28. The lowest BCUT2D eigenvalue weighted by atomic mass is 9.79. The topological polar surface area (TPSA) is 65.1 Å². The van der Waals surface area contributed by atoms with Crippen LogP contribution in [-0.2, 0) is 31.2 Å². The van der Waals surface area contributed by atoms with E-state index in [-0.39, 0.29) is 25.9 Å². The third kappa shape index (κ3) is 6.95. The normalized spacial score (nSPS) is 19.0. The molecule has 1 aliphatic rings. The highest BCUT2D eigenvalue weighted by Crippen LogP contribution is 2.41. The number of rotatable bonds is 8. The fraction of sp³-hybridized carbons (Fsp3) is 0.333. The molecular weight excluding hydrogens is 490 g/mol. The van der Waals surface area contributed by atoms with Gasteiger partial charge in [-0.1, -0.05) is 90.0 Å². The number of piperidine rings is 1. The van der Waals surface area contributed by atoms with Crippen LogP contribution in [0.1, 0.15) is 53.7 Å². The van der Waals surface area contributed by atoms with E-state index in [0.29, 0.717) is 12.8 Å². The van der Waals surface area contributed by atoms with Crippen LogP contribution in [0.2, 0.25) is 0 Å². The van der Waals surface area contributed by atoms with Crippen molar-refractivity contribution in [2.45, 2.75) is 51.9 Å². The second-order valence-corrected chi connectivity index (χ2v) is 10.2. The molecule has 3 aromatic rings. The lowest BCUT2D eigenvalue weighted by Gasteiger charge is -2.47. The number of hydrogen-bond donors (Lipinski definition) is 0. The van der Waals surface area contributed by atoms with Crippen LogP contribution in [0.5, 0.6) is 0 Å². The number of hydrogen-bond acceptors (Lipinski definition) is 5. The standard InChI is InChI=1S/C33H37NO5/c1-24-17-25(2)19-29(18-24)26(3)39-23-33(30-13-9-6-10-14-30)16-15-28(20-31(35)37-4)21-34(33)32(36)38-22-27-11-7-5-8-12-27/h5-14,17-20,26H,15-16,21-23H2,1-4H3/b28-20+/t26?,33-/m1/s1. The number of carbonyl (C=O) groups excluding carboxylic acids is 2. The van der Waals surface area contributed by atoms with Gasteiger partial charge in [0.15, 0.2) is 0 Å². The number of likely N-dealkylation sites (tertiary alicyclic amines) is 1. The average molecular weight is 528 g/mol. The second kappa shape index (κ2) is 12.8. The van der Waals surface area contributed by atoms with Crippen molar-refractivity contribution in [3.8, 4) is 0 Å². The predicted octanol–water partition coefficient (Wildman–Crippen LogP) is 6.81. The number of methoxy groups -OCH3 is 1. The zero-order valence-corrected chi connectivity index (χ0v) is 23.2. The number of aryl methyl sites for hydroxylation is 2.